The normalized spacial score (nSPS) is 19.8. The van der Waals surface area contributed by atoms with Crippen LogP contribution in [0.25, 0.3) is 11.0 Å². The molecule has 5 nitrogen and oxygen atoms in total. The number of aryl methyl sites for hydroxylation is 1. The fraction of sp³-hybridized carbons (Fsp3) is 0.308. The van der Waals surface area contributed by atoms with E-state index in [9.17, 15) is 14.0 Å². The number of fused-ring (bicyclic) bond motifs is 1. The van der Waals surface area contributed by atoms with E-state index in [0.717, 1.165) is 0 Å². The maximum absolute atomic E-state index is 13.5. The van der Waals surface area contributed by atoms with Crippen LogP contribution < -0.4 is 5.32 Å². The van der Waals surface area contributed by atoms with Crippen molar-refractivity contribution in [3.63, 3.8) is 0 Å². The molecule has 0 radical (unpaired) electrons. The van der Waals surface area contributed by atoms with E-state index in [0.29, 0.717) is 29.4 Å². The van der Waals surface area contributed by atoms with Crippen LogP contribution in [-0.4, -0.2) is 21.4 Å². The molecule has 3 rings (SSSR count). The molecule has 0 bridgehead atoms. The fourth-order valence-corrected chi connectivity index (χ4v) is 2.35. The number of aromatic nitrogens is 2. The van der Waals surface area contributed by atoms with Gasteiger partial charge in [0.15, 0.2) is 0 Å². The van der Waals surface area contributed by atoms with Crippen molar-refractivity contribution in [1.82, 2.24) is 14.9 Å². The van der Waals surface area contributed by atoms with Crippen molar-refractivity contribution >= 4 is 22.8 Å². The van der Waals surface area contributed by atoms with Gasteiger partial charge in [0.2, 0.25) is 11.8 Å². The number of imidazole rings is 1. The SMILES string of the molecule is Cc1cc2c(cc1F)ncn2C1CCC(=O)NC1=O. The Hall–Kier alpha value is -2.24. The van der Waals surface area contributed by atoms with Crippen LogP contribution in [0.15, 0.2) is 18.5 Å². The van der Waals surface area contributed by atoms with Gasteiger partial charge < -0.3 is 4.57 Å². The first kappa shape index (κ1) is 11.8. The summed E-state index contributed by atoms with van der Waals surface area (Å²) < 4.78 is 15.2. The lowest BCUT2D eigenvalue weighted by atomic mass is 10.1. The van der Waals surface area contributed by atoms with Gasteiger partial charge in [-0.1, -0.05) is 0 Å². The maximum atomic E-state index is 13.5. The summed E-state index contributed by atoms with van der Waals surface area (Å²) in [5.41, 5.74) is 1.71. The molecule has 1 saturated heterocycles. The lowest BCUT2D eigenvalue weighted by Crippen LogP contribution is -2.41. The average molecular weight is 261 g/mol. The number of rotatable bonds is 1. The molecule has 1 unspecified atom stereocenters. The molecule has 2 aromatic rings. The molecule has 1 aliphatic rings. The molecule has 0 saturated carbocycles. The standard InChI is InChI=1S/C13H12FN3O2/c1-7-4-11-9(5-8(7)14)15-6-17(11)10-2-3-12(18)16-13(10)19/h4-6,10H,2-3H2,1H3,(H,16,18,19). The van der Waals surface area contributed by atoms with Gasteiger partial charge in [-0.2, -0.15) is 0 Å². The third kappa shape index (κ3) is 1.89. The lowest BCUT2D eigenvalue weighted by Gasteiger charge is -2.22. The van der Waals surface area contributed by atoms with Gasteiger partial charge in [0.1, 0.15) is 11.9 Å². The van der Waals surface area contributed by atoms with E-state index in [1.54, 1.807) is 17.6 Å². The monoisotopic (exact) mass is 261 g/mol. The maximum Gasteiger partial charge on any atom is 0.249 e. The Labute approximate surface area is 108 Å². The predicted octanol–water partition coefficient (Wildman–Crippen LogP) is 1.46. The summed E-state index contributed by atoms with van der Waals surface area (Å²) in [6.45, 7) is 1.66. The van der Waals surface area contributed by atoms with Gasteiger partial charge in [0.25, 0.3) is 0 Å². The number of carbonyl (C=O) groups is 2. The summed E-state index contributed by atoms with van der Waals surface area (Å²) in [5.74, 6) is -0.911. The number of nitrogens with one attached hydrogen (secondary N) is 1. The topological polar surface area (TPSA) is 64.0 Å². The Morgan fingerprint density at radius 3 is 2.95 bits per heavy atom. The minimum Gasteiger partial charge on any atom is -0.318 e. The molecule has 0 aliphatic carbocycles. The van der Waals surface area contributed by atoms with Crippen LogP contribution in [0, 0.1) is 12.7 Å². The van der Waals surface area contributed by atoms with Crippen LogP contribution in [0.2, 0.25) is 0 Å². The van der Waals surface area contributed by atoms with Crippen LogP contribution in [0.1, 0.15) is 24.4 Å². The zero-order valence-corrected chi connectivity index (χ0v) is 10.3. The molecule has 1 atom stereocenters. The molecule has 2 heterocycles. The minimum absolute atomic E-state index is 0.257. The Balaban J connectivity index is 2.08. The second kappa shape index (κ2) is 4.15. The second-order valence-electron chi connectivity index (χ2n) is 4.71. The molecule has 1 N–H and O–H groups in total. The second-order valence-corrected chi connectivity index (χ2v) is 4.71. The van der Waals surface area contributed by atoms with Crippen molar-refractivity contribution in [3.05, 3.63) is 29.8 Å². The molecule has 1 aliphatic heterocycles. The molecule has 1 fully saturated rings. The third-order valence-electron chi connectivity index (χ3n) is 3.40. The summed E-state index contributed by atoms with van der Waals surface area (Å²) in [7, 11) is 0. The highest BCUT2D eigenvalue weighted by molar-refractivity contribution is 6.00. The van der Waals surface area contributed by atoms with E-state index in [2.05, 4.69) is 10.3 Å². The van der Waals surface area contributed by atoms with Gasteiger partial charge in [-0.3, -0.25) is 14.9 Å². The first-order valence-electron chi connectivity index (χ1n) is 6.02. The zero-order valence-electron chi connectivity index (χ0n) is 10.3. The van der Waals surface area contributed by atoms with Crippen molar-refractivity contribution in [3.8, 4) is 0 Å². The number of halogens is 1. The number of benzene rings is 1. The Morgan fingerprint density at radius 2 is 2.21 bits per heavy atom. The van der Waals surface area contributed by atoms with Crippen LogP contribution in [0.4, 0.5) is 4.39 Å². The van der Waals surface area contributed by atoms with Gasteiger partial charge in [0.05, 0.1) is 17.4 Å². The highest BCUT2D eigenvalue weighted by Crippen LogP contribution is 2.25. The molecular weight excluding hydrogens is 249 g/mol. The molecule has 0 spiro atoms. The van der Waals surface area contributed by atoms with E-state index in [4.69, 9.17) is 0 Å². The van der Waals surface area contributed by atoms with Crippen LogP contribution in [-0.2, 0) is 9.59 Å². The highest BCUT2D eigenvalue weighted by atomic mass is 19.1. The van der Waals surface area contributed by atoms with Crippen molar-refractivity contribution in [1.29, 1.82) is 0 Å². The van der Waals surface area contributed by atoms with Crippen molar-refractivity contribution in [2.75, 3.05) is 0 Å². The Kier molecular flexibility index (Phi) is 2.58. The average Bonchev–Trinajstić information content (AvgIpc) is 2.73. The van der Waals surface area contributed by atoms with E-state index in [1.807, 2.05) is 0 Å². The van der Waals surface area contributed by atoms with Gasteiger partial charge in [-0.15, -0.1) is 0 Å². The minimum atomic E-state index is -0.465. The van der Waals surface area contributed by atoms with Crippen LogP contribution >= 0.6 is 0 Å². The molecule has 19 heavy (non-hydrogen) atoms. The Bertz CT molecular complexity index is 692. The molecule has 98 valence electrons. The first-order chi connectivity index (χ1) is 9.06. The quantitative estimate of drug-likeness (QED) is 0.790. The van der Waals surface area contributed by atoms with Crippen LogP contribution in [0.5, 0.6) is 0 Å². The molecule has 2 amide bonds. The van der Waals surface area contributed by atoms with Crippen molar-refractivity contribution in [2.24, 2.45) is 0 Å². The zero-order chi connectivity index (χ0) is 13.6. The fourth-order valence-electron chi connectivity index (χ4n) is 2.35. The highest BCUT2D eigenvalue weighted by Gasteiger charge is 2.29. The molecule has 1 aromatic heterocycles. The number of imide groups is 1. The Morgan fingerprint density at radius 1 is 1.42 bits per heavy atom. The van der Waals surface area contributed by atoms with Crippen molar-refractivity contribution in [2.45, 2.75) is 25.8 Å². The lowest BCUT2D eigenvalue weighted by molar-refractivity contribution is -0.135. The van der Waals surface area contributed by atoms with Crippen molar-refractivity contribution < 1.29 is 14.0 Å². The summed E-state index contributed by atoms with van der Waals surface area (Å²) in [4.78, 5) is 27.1. The summed E-state index contributed by atoms with van der Waals surface area (Å²) in [6, 6.07) is 2.56. The number of carbonyl (C=O) groups excluding carboxylic acids is 2. The predicted molar refractivity (Wildman–Crippen MR) is 65.8 cm³/mol. The summed E-state index contributed by atoms with van der Waals surface area (Å²) in [5, 5.41) is 2.31. The summed E-state index contributed by atoms with van der Waals surface area (Å²) >= 11 is 0. The number of nitrogens with zero attached hydrogens (tertiary/aromatic N) is 2. The number of piperidine rings is 1. The van der Waals surface area contributed by atoms with Gasteiger partial charge in [0, 0.05) is 12.5 Å². The molecule has 1 aromatic carbocycles. The van der Waals surface area contributed by atoms with E-state index >= 15 is 0 Å². The third-order valence-corrected chi connectivity index (χ3v) is 3.40. The van der Waals surface area contributed by atoms with Gasteiger partial charge in [-0.25, -0.2) is 9.37 Å². The van der Waals surface area contributed by atoms with E-state index in [-0.39, 0.29) is 17.6 Å². The summed E-state index contributed by atoms with van der Waals surface area (Å²) in [6.07, 6.45) is 2.26. The van der Waals surface area contributed by atoms with Crippen LogP contribution in [0.3, 0.4) is 0 Å². The van der Waals surface area contributed by atoms with Gasteiger partial charge >= 0.3 is 0 Å². The number of hydrogen-bond acceptors (Lipinski definition) is 3. The molecule has 6 heteroatoms. The largest absolute Gasteiger partial charge is 0.318 e. The number of amides is 2. The van der Waals surface area contributed by atoms with Gasteiger partial charge in [-0.05, 0) is 25.0 Å². The number of hydrogen-bond donors (Lipinski definition) is 1. The smallest absolute Gasteiger partial charge is 0.249 e. The van der Waals surface area contributed by atoms with E-state index in [1.165, 1.54) is 12.4 Å². The molecular formula is C13H12FN3O2. The first-order valence-corrected chi connectivity index (χ1v) is 6.02. The van der Waals surface area contributed by atoms with E-state index < -0.39 is 6.04 Å².